The molecular formula is C11H19N3O. The van der Waals surface area contributed by atoms with E-state index in [-0.39, 0.29) is 12.6 Å². The third kappa shape index (κ3) is 2.00. The van der Waals surface area contributed by atoms with Gasteiger partial charge in [0.1, 0.15) is 0 Å². The van der Waals surface area contributed by atoms with Gasteiger partial charge in [-0.3, -0.25) is 4.68 Å². The highest BCUT2D eigenvalue weighted by Gasteiger charge is 2.25. The normalized spacial score (nSPS) is 21.6. The summed E-state index contributed by atoms with van der Waals surface area (Å²) >= 11 is 0. The van der Waals surface area contributed by atoms with Gasteiger partial charge in [-0.1, -0.05) is 0 Å². The predicted octanol–water partition coefficient (Wildman–Crippen LogP) is 1.43. The van der Waals surface area contributed by atoms with Crippen LogP contribution in [0.5, 0.6) is 0 Å². The molecule has 0 spiro atoms. The Labute approximate surface area is 90.5 Å². The van der Waals surface area contributed by atoms with E-state index >= 15 is 0 Å². The van der Waals surface area contributed by atoms with Crippen molar-refractivity contribution in [2.45, 2.75) is 38.8 Å². The van der Waals surface area contributed by atoms with E-state index in [0.29, 0.717) is 6.04 Å². The molecule has 1 N–H and O–H groups in total. The second kappa shape index (κ2) is 4.23. The van der Waals surface area contributed by atoms with Crippen molar-refractivity contribution in [3.8, 4) is 0 Å². The molecule has 0 aromatic carbocycles. The molecule has 0 unspecified atom stereocenters. The van der Waals surface area contributed by atoms with Gasteiger partial charge >= 0.3 is 0 Å². The Hall–Kier alpha value is -1.03. The first kappa shape index (κ1) is 10.5. The van der Waals surface area contributed by atoms with Crippen LogP contribution in [-0.2, 0) is 0 Å². The molecule has 1 aliphatic rings. The van der Waals surface area contributed by atoms with E-state index in [1.807, 2.05) is 16.9 Å². The van der Waals surface area contributed by atoms with Gasteiger partial charge in [-0.25, -0.2) is 0 Å². The predicted molar refractivity (Wildman–Crippen MR) is 60.1 cm³/mol. The first-order valence-electron chi connectivity index (χ1n) is 5.65. The molecule has 1 saturated heterocycles. The minimum atomic E-state index is 0.231. The van der Waals surface area contributed by atoms with E-state index in [1.54, 1.807) is 0 Å². The zero-order chi connectivity index (χ0) is 10.8. The van der Waals surface area contributed by atoms with Crippen LogP contribution < -0.4 is 4.90 Å². The fraction of sp³-hybridized carbons (Fsp3) is 0.727. The third-order valence-corrected chi connectivity index (χ3v) is 3.01. The van der Waals surface area contributed by atoms with Crippen molar-refractivity contribution >= 4 is 5.82 Å². The van der Waals surface area contributed by atoms with Crippen LogP contribution in [0.1, 0.15) is 32.7 Å². The maximum atomic E-state index is 9.24. The van der Waals surface area contributed by atoms with Crippen molar-refractivity contribution in [2.24, 2.45) is 0 Å². The molecule has 1 fully saturated rings. The smallest absolute Gasteiger partial charge is 0.150 e. The lowest BCUT2D eigenvalue weighted by atomic mass is 10.2. The minimum Gasteiger partial charge on any atom is -0.394 e. The van der Waals surface area contributed by atoms with E-state index in [9.17, 15) is 5.11 Å². The Morgan fingerprint density at radius 3 is 3.00 bits per heavy atom. The van der Waals surface area contributed by atoms with Crippen LogP contribution >= 0.6 is 0 Å². The summed E-state index contributed by atoms with van der Waals surface area (Å²) in [6.45, 7) is 5.48. The first-order valence-corrected chi connectivity index (χ1v) is 5.65. The Bertz CT molecular complexity index is 321. The summed E-state index contributed by atoms with van der Waals surface area (Å²) in [5, 5.41) is 13.8. The lowest BCUT2D eigenvalue weighted by Crippen LogP contribution is -2.32. The summed E-state index contributed by atoms with van der Waals surface area (Å²) < 4.78 is 1.96. The molecule has 15 heavy (non-hydrogen) atoms. The van der Waals surface area contributed by atoms with Gasteiger partial charge in [-0.05, 0) is 26.7 Å². The van der Waals surface area contributed by atoms with Gasteiger partial charge in [0, 0.05) is 24.8 Å². The number of aliphatic hydroxyl groups is 1. The molecule has 2 rings (SSSR count). The largest absolute Gasteiger partial charge is 0.394 e. The number of hydrogen-bond acceptors (Lipinski definition) is 3. The second-order valence-corrected chi connectivity index (χ2v) is 4.42. The average molecular weight is 209 g/mol. The van der Waals surface area contributed by atoms with Crippen LogP contribution in [-0.4, -0.2) is 34.1 Å². The summed E-state index contributed by atoms with van der Waals surface area (Å²) in [6.07, 6.45) is 4.23. The number of anilines is 1. The molecule has 0 amide bonds. The van der Waals surface area contributed by atoms with Crippen molar-refractivity contribution in [3.05, 3.63) is 12.3 Å². The number of hydrogen-bond donors (Lipinski definition) is 1. The lowest BCUT2D eigenvalue weighted by molar-refractivity contribution is 0.266. The first-order chi connectivity index (χ1) is 7.22. The highest BCUT2D eigenvalue weighted by atomic mass is 16.3. The molecule has 1 aromatic rings. The zero-order valence-corrected chi connectivity index (χ0v) is 9.43. The maximum Gasteiger partial charge on any atom is 0.150 e. The van der Waals surface area contributed by atoms with Crippen LogP contribution in [0.25, 0.3) is 0 Å². The highest BCUT2D eigenvalue weighted by molar-refractivity contribution is 5.39. The molecular weight excluding hydrogens is 190 g/mol. The van der Waals surface area contributed by atoms with Gasteiger partial charge in [0.25, 0.3) is 0 Å². The standard InChI is InChI=1S/C11H19N3O/c1-9(2)14-7-5-11(12-14)13-6-3-4-10(13)8-15/h5,7,9-10,15H,3-4,6,8H2,1-2H3/t10-/m0/s1. The Balaban J connectivity index is 2.14. The molecule has 4 nitrogen and oxygen atoms in total. The van der Waals surface area contributed by atoms with E-state index in [1.165, 1.54) is 0 Å². The van der Waals surface area contributed by atoms with Crippen molar-refractivity contribution in [1.82, 2.24) is 9.78 Å². The van der Waals surface area contributed by atoms with Crippen LogP contribution in [0.4, 0.5) is 5.82 Å². The van der Waals surface area contributed by atoms with Crippen molar-refractivity contribution in [3.63, 3.8) is 0 Å². The van der Waals surface area contributed by atoms with Crippen LogP contribution in [0, 0.1) is 0 Å². The molecule has 0 saturated carbocycles. The van der Waals surface area contributed by atoms with Crippen LogP contribution in [0.3, 0.4) is 0 Å². The zero-order valence-electron chi connectivity index (χ0n) is 9.43. The van der Waals surface area contributed by atoms with E-state index < -0.39 is 0 Å². The van der Waals surface area contributed by atoms with Gasteiger partial charge in [-0.2, -0.15) is 5.10 Å². The van der Waals surface area contributed by atoms with E-state index in [0.717, 1.165) is 25.2 Å². The topological polar surface area (TPSA) is 41.3 Å². The summed E-state index contributed by atoms with van der Waals surface area (Å²) in [5.41, 5.74) is 0. The molecule has 0 aliphatic carbocycles. The molecule has 0 radical (unpaired) electrons. The van der Waals surface area contributed by atoms with Gasteiger partial charge in [0.15, 0.2) is 5.82 Å². The Kier molecular flexibility index (Phi) is 2.95. The summed E-state index contributed by atoms with van der Waals surface area (Å²) in [4.78, 5) is 2.21. The number of aliphatic hydroxyl groups excluding tert-OH is 1. The number of rotatable bonds is 3. The fourth-order valence-electron chi connectivity index (χ4n) is 2.10. The highest BCUT2D eigenvalue weighted by Crippen LogP contribution is 2.24. The number of nitrogens with zero attached hydrogens (tertiary/aromatic N) is 3. The van der Waals surface area contributed by atoms with Crippen LogP contribution in [0.15, 0.2) is 12.3 Å². The molecule has 4 heteroatoms. The fourth-order valence-corrected chi connectivity index (χ4v) is 2.10. The number of aromatic nitrogens is 2. The maximum absolute atomic E-state index is 9.24. The van der Waals surface area contributed by atoms with E-state index in [2.05, 4.69) is 23.8 Å². The quantitative estimate of drug-likeness (QED) is 0.818. The van der Waals surface area contributed by atoms with Crippen molar-refractivity contribution in [1.29, 1.82) is 0 Å². The van der Waals surface area contributed by atoms with E-state index in [4.69, 9.17) is 0 Å². The SMILES string of the molecule is CC(C)n1ccc(N2CCC[C@H]2CO)n1. The minimum absolute atomic E-state index is 0.231. The van der Waals surface area contributed by atoms with Gasteiger partial charge in [-0.15, -0.1) is 0 Å². The van der Waals surface area contributed by atoms with Gasteiger partial charge in [0.05, 0.1) is 12.6 Å². The molecule has 1 aromatic heterocycles. The summed E-state index contributed by atoms with van der Waals surface area (Å²) in [6, 6.07) is 2.70. The molecule has 1 aliphatic heterocycles. The monoisotopic (exact) mass is 209 g/mol. The average Bonchev–Trinajstić information content (AvgIpc) is 2.85. The van der Waals surface area contributed by atoms with Crippen LogP contribution in [0.2, 0.25) is 0 Å². The summed E-state index contributed by atoms with van der Waals surface area (Å²) in [7, 11) is 0. The Morgan fingerprint density at radius 1 is 1.60 bits per heavy atom. The molecule has 84 valence electrons. The second-order valence-electron chi connectivity index (χ2n) is 4.42. The van der Waals surface area contributed by atoms with Gasteiger partial charge < -0.3 is 10.0 Å². The molecule has 2 heterocycles. The molecule has 0 bridgehead atoms. The molecule has 1 atom stereocenters. The summed E-state index contributed by atoms with van der Waals surface area (Å²) in [5.74, 6) is 1.00. The third-order valence-electron chi connectivity index (χ3n) is 3.01. The van der Waals surface area contributed by atoms with Crippen molar-refractivity contribution in [2.75, 3.05) is 18.1 Å². The Morgan fingerprint density at radius 2 is 2.40 bits per heavy atom. The van der Waals surface area contributed by atoms with Gasteiger partial charge in [0.2, 0.25) is 0 Å². The van der Waals surface area contributed by atoms with Crippen molar-refractivity contribution < 1.29 is 5.11 Å². The lowest BCUT2D eigenvalue weighted by Gasteiger charge is -2.22.